The molecule has 4 heteroatoms. The lowest BCUT2D eigenvalue weighted by atomic mass is 10.0. The summed E-state index contributed by atoms with van der Waals surface area (Å²) in [4.78, 5) is 11.8. The monoisotopic (exact) mass is 342 g/mol. The van der Waals surface area contributed by atoms with Crippen LogP contribution in [0.15, 0.2) is 64.2 Å². The largest absolute Gasteiger partial charge is 0.273 e. The van der Waals surface area contributed by atoms with Crippen molar-refractivity contribution in [3.05, 3.63) is 70.2 Å². The standard InChI is InChI=1S/C17H15BrN2O/c18-15-10-8-13(9-11-15)16(12-4-2-1-3-5-12)19-20-17(21)14-6-7-14/h1-5,8-11,14H,6-7H2,(H,20,21)/b19-16-. The summed E-state index contributed by atoms with van der Waals surface area (Å²) in [5, 5.41) is 4.36. The molecule has 0 heterocycles. The molecule has 0 saturated heterocycles. The molecule has 1 fully saturated rings. The summed E-state index contributed by atoms with van der Waals surface area (Å²) in [7, 11) is 0. The van der Waals surface area contributed by atoms with Crippen LogP contribution in [0.5, 0.6) is 0 Å². The van der Waals surface area contributed by atoms with Crippen LogP contribution in [0.1, 0.15) is 24.0 Å². The Kier molecular flexibility index (Phi) is 4.15. The molecule has 21 heavy (non-hydrogen) atoms. The maximum Gasteiger partial charge on any atom is 0.243 e. The van der Waals surface area contributed by atoms with E-state index in [0.29, 0.717) is 0 Å². The van der Waals surface area contributed by atoms with Crippen LogP contribution in [-0.2, 0) is 4.79 Å². The van der Waals surface area contributed by atoms with Gasteiger partial charge in [-0.15, -0.1) is 0 Å². The molecule has 0 atom stereocenters. The summed E-state index contributed by atoms with van der Waals surface area (Å²) in [6.45, 7) is 0. The average Bonchev–Trinajstić information content (AvgIpc) is 3.35. The number of rotatable bonds is 4. The van der Waals surface area contributed by atoms with E-state index in [4.69, 9.17) is 0 Å². The van der Waals surface area contributed by atoms with Crippen molar-refractivity contribution in [2.75, 3.05) is 0 Å². The van der Waals surface area contributed by atoms with Crippen LogP contribution in [0.3, 0.4) is 0 Å². The van der Waals surface area contributed by atoms with Gasteiger partial charge in [-0.1, -0.05) is 58.4 Å². The highest BCUT2D eigenvalue weighted by Gasteiger charge is 2.29. The molecule has 1 N–H and O–H groups in total. The lowest BCUT2D eigenvalue weighted by Crippen LogP contribution is -2.21. The first-order valence-electron chi connectivity index (χ1n) is 6.93. The van der Waals surface area contributed by atoms with Gasteiger partial charge >= 0.3 is 0 Å². The first kappa shape index (κ1) is 14.0. The molecular weight excluding hydrogens is 328 g/mol. The molecule has 1 aliphatic carbocycles. The molecule has 3 rings (SSSR count). The fourth-order valence-corrected chi connectivity index (χ4v) is 2.31. The van der Waals surface area contributed by atoms with Gasteiger partial charge in [0.2, 0.25) is 5.91 Å². The Morgan fingerprint density at radius 3 is 2.24 bits per heavy atom. The van der Waals surface area contributed by atoms with Crippen molar-refractivity contribution in [1.82, 2.24) is 5.43 Å². The third kappa shape index (κ3) is 3.58. The van der Waals surface area contributed by atoms with Crippen molar-refractivity contribution in [3.8, 4) is 0 Å². The molecule has 1 saturated carbocycles. The van der Waals surface area contributed by atoms with Gasteiger partial charge in [-0.25, -0.2) is 5.43 Å². The molecule has 106 valence electrons. The molecule has 1 amide bonds. The smallest absolute Gasteiger partial charge is 0.243 e. The average molecular weight is 343 g/mol. The molecule has 0 aliphatic heterocycles. The van der Waals surface area contributed by atoms with Crippen molar-refractivity contribution >= 4 is 27.5 Å². The number of hydrogen-bond donors (Lipinski definition) is 1. The van der Waals surface area contributed by atoms with Crippen LogP contribution in [-0.4, -0.2) is 11.6 Å². The number of carbonyl (C=O) groups is 1. The van der Waals surface area contributed by atoms with E-state index in [1.807, 2.05) is 54.6 Å². The van der Waals surface area contributed by atoms with E-state index in [2.05, 4.69) is 26.5 Å². The lowest BCUT2D eigenvalue weighted by Gasteiger charge is -2.08. The van der Waals surface area contributed by atoms with Gasteiger partial charge in [-0.3, -0.25) is 4.79 Å². The summed E-state index contributed by atoms with van der Waals surface area (Å²) in [5.74, 6) is 0.163. The van der Waals surface area contributed by atoms with Crippen LogP contribution in [0, 0.1) is 5.92 Å². The molecule has 2 aromatic carbocycles. The Morgan fingerprint density at radius 1 is 1.00 bits per heavy atom. The number of nitrogens with one attached hydrogen (secondary N) is 1. The first-order valence-corrected chi connectivity index (χ1v) is 7.72. The zero-order chi connectivity index (χ0) is 14.7. The Hall–Kier alpha value is -1.94. The van der Waals surface area contributed by atoms with Crippen LogP contribution in [0.2, 0.25) is 0 Å². The predicted octanol–water partition coefficient (Wildman–Crippen LogP) is 3.73. The number of carbonyl (C=O) groups excluding carboxylic acids is 1. The number of benzene rings is 2. The summed E-state index contributed by atoms with van der Waals surface area (Å²) < 4.78 is 1.01. The quantitative estimate of drug-likeness (QED) is 0.667. The van der Waals surface area contributed by atoms with Gasteiger partial charge in [-0.2, -0.15) is 5.10 Å². The van der Waals surface area contributed by atoms with Crippen LogP contribution < -0.4 is 5.43 Å². The molecule has 1 aliphatic rings. The third-order valence-electron chi connectivity index (χ3n) is 3.39. The fourth-order valence-electron chi connectivity index (χ4n) is 2.05. The van der Waals surface area contributed by atoms with Gasteiger partial charge in [0.05, 0.1) is 5.71 Å². The van der Waals surface area contributed by atoms with E-state index in [1.54, 1.807) is 0 Å². The number of halogens is 1. The number of hydrazone groups is 1. The van der Waals surface area contributed by atoms with Crippen LogP contribution in [0.25, 0.3) is 0 Å². The SMILES string of the molecule is O=C(N/N=C(/c1ccccc1)c1ccc(Br)cc1)C1CC1. The fraction of sp³-hybridized carbons (Fsp3) is 0.176. The first-order chi connectivity index (χ1) is 10.2. The second kappa shape index (κ2) is 6.22. The maximum absolute atomic E-state index is 11.8. The summed E-state index contributed by atoms with van der Waals surface area (Å²) in [5.41, 5.74) is 5.42. The highest BCUT2D eigenvalue weighted by atomic mass is 79.9. The topological polar surface area (TPSA) is 41.5 Å². The highest BCUT2D eigenvalue weighted by molar-refractivity contribution is 9.10. The van der Waals surface area contributed by atoms with Gasteiger partial charge in [0.15, 0.2) is 0 Å². The van der Waals surface area contributed by atoms with Crippen LogP contribution in [0.4, 0.5) is 0 Å². The second-order valence-electron chi connectivity index (χ2n) is 5.08. The van der Waals surface area contributed by atoms with Gasteiger partial charge in [0.25, 0.3) is 0 Å². The van der Waals surface area contributed by atoms with Crippen molar-refractivity contribution < 1.29 is 4.79 Å². The van der Waals surface area contributed by atoms with E-state index in [-0.39, 0.29) is 11.8 Å². The summed E-state index contributed by atoms with van der Waals surface area (Å²) >= 11 is 3.43. The van der Waals surface area contributed by atoms with E-state index >= 15 is 0 Å². The minimum atomic E-state index is 0.0144. The molecule has 2 aromatic rings. The molecule has 3 nitrogen and oxygen atoms in total. The van der Waals surface area contributed by atoms with Crippen LogP contribution >= 0.6 is 15.9 Å². The maximum atomic E-state index is 11.8. The van der Waals surface area contributed by atoms with Crippen molar-refractivity contribution in [2.45, 2.75) is 12.8 Å². The predicted molar refractivity (Wildman–Crippen MR) is 87.1 cm³/mol. The Bertz CT molecular complexity index is 661. The van der Waals surface area contributed by atoms with Gasteiger partial charge in [0.1, 0.15) is 0 Å². The highest BCUT2D eigenvalue weighted by Crippen LogP contribution is 2.28. The zero-order valence-corrected chi connectivity index (χ0v) is 13.0. The van der Waals surface area contributed by atoms with Crippen molar-refractivity contribution in [2.24, 2.45) is 11.0 Å². The molecular formula is C17H15BrN2O. The minimum Gasteiger partial charge on any atom is -0.273 e. The van der Waals surface area contributed by atoms with Gasteiger partial charge in [0, 0.05) is 21.5 Å². The number of amides is 1. The number of hydrogen-bond acceptors (Lipinski definition) is 2. The third-order valence-corrected chi connectivity index (χ3v) is 3.92. The molecule has 0 aromatic heterocycles. The second-order valence-corrected chi connectivity index (χ2v) is 6.00. The lowest BCUT2D eigenvalue weighted by molar-refractivity contribution is -0.122. The normalized spacial score (nSPS) is 14.8. The molecule has 0 unspecified atom stereocenters. The Balaban J connectivity index is 1.92. The molecule has 0 bridgehead atoms. The molecule has 0 radical (unpaired) electrons. The summed E-state index contributed by atoms with van der Waals surface area (Å²) in [6, 6.07) is 17.8. The van der Waals surface area contributed by atoms with Crippen molar-refractivity contribution in [1.29, 1.82) is 0 Å². The number of nitrogens with zero attached hydrogens (tertiary/aromatic N) is 1. The van der Waals surface area contributed by atoms with Gasteiger partial charge in [-0.05, 0) is 25.0 Å². The summed E-state index contributed by atoms with van der Waals surface area (Å²) in [6.07, 6.45) is 1.95. The Labute approximate surface area is 132 Å². The molecule has 0 spiro atoms. The van der Waals surface area contributed by atoms with E-state index in [1.165, 1.54) is 0 Å². The Morgan fingerprint density at radius 2 is 1.62 bits per heavy atom. The minimum absolute atomic E-state index is 0.0144. The van der Waals surface area contributed by atoms with Gasteiger partial charge < -0.3 is 0 Å². The van der Waals surface area contributed by atoms with E-state index in [9.17, 15) is 4.79 Å². The zero-order valence-electron chi connectivity index (χ0n) is 11.4. The van der Waals surface area contributed by atoms with E-state index < -0.39 is 0 Å². The van der Waals surface area contributed by atoms with E-state index in [0.717, 1.165) is 34.2 Å². The van der Waals surface area contributed by atoms with Crippen molar-refractivity contribution in [3.63, 3.8) is 0 Å².